The number of hydrogen-bond donors (Lipinski definition) is 0. The maximum Gasteiger partial charge on any atom is 0.254 e. The molecule has 0 saturated heterocycles. The van der Waals surface area contributed by atoms with Crippen molar-refractivity contribution in [2.45, 2.75) is 32.9 Å². The van der Waals surface area contributed by atoms with E-state index < -0.39 is 0 Å². The van der Waals surface area contributed by atoms with Gasteiger partial charge in [0.25, 0.3) is 5.91 Å². The lowest BCUT2D eigenvalue weighted by molar-refractivity contribution is 0.0690. The number of rotatable bonds is 4. The molecule has 0 radical (unpaired) electrons. The van der Waals surface area contributed by atoms with E-state index in [0.717, 1.165) is 12.0 Å². The van der Waals surface area contributed by atoms with Crippen molar-refractivity contribution in [1.29, 1.82) is 0 Å². The van der Waals surface area contributed by atoms with Crippen molar-refractivity contribution in [2.24, 2.45) is 0 Å². The number of nitrogens with zero attached hydrogens (tertiary/aromatic N) is 1. The van der Waals surface area contributed by atoms with Gasteiger partial charge in [0.2, 0.25) is 0 Å². The average Bonchev–Trinajstić information content (AvgIpc) is 2.84. The lowest BCUT2D eigenvalue weighted by Crippen LogP contribution is -2.36. The van der Waals surface area contributed by atoms with Crippen LogP contribution in [0.25, 0.3) is 0 Å². The van der Waals surface area contributed by atoms with Crippen molar-refractivity contribution in [1.82, 2.24) is 4.90 Å². The van der Waals surface area contributed by atoms with Gasteiger partial charge in [-0.05, 0) is 37.6 Å². The number of benzene rings is 2. The molecule has 0 spiro atoms. The van der Waals surface area contributed by atoms with E-state index in [1.165, 1.54) is 0 Å². The highest BCUT2D eigenvalue weighted by Gasteiger charge is 2.21. The van der Waals surface area contributed by atoms with E-state index in [1.807, 2.05) is 61.2 Å². The first kappa shape index (κ1) is 16.4. The van der Waals surface area contributed by atoms with Crippen LogP contribution >= 0.6 is 0 Å². The Morgan fingerprint density at radius 2 is 1.75 bits per heavy atom. The predicted octanol–water partition coefficient (Wildman–Crippen LogP) is 3.90. The number of ether oxygens (including phenoxy) is 2. The van der Waals surface area contributed by atoms with Crippen molar-refractivity contribution in [2.75, 3.05) is 13.2 Å². The zero-order chi connectivity index (χ0) is 16.9. The number of carbonyl (C=O) groups is 1. The lowest BCUT2D eigenvalue weighted by atomic mass is 10.1. The molecule has 0 aliphatic carbocycles. The molecule has 0 saturated carbocycles. The monoisotopic (exact) mass is 325 g/mol. The van der Waals surface area contributed by atoms with Gasteiger partial charge in [0.1, 0.15) is 0 Å². The third-order valence-corrected chi connectivity index (χ3v) is 4.07. The Bertz CT molecular complexity index is 697. The fourth-order valence-electron chi connectivity index (χ4n) is 2.73. The van der Waals surface area contributed by atoms with Crippen LogP contribution in [0.1, 0.15) is 36.2 Å². The molecular formula is C20H23NO3. The predicted molar refractivity (Wildman–Crippen MR) is 93.5 cm³/mol. The second kappa shape index (κ2) is 7.39. The maximum absolute atomic E-state index is 13.0. The molecule has 0 N–H and O–H groups in total. The summed E-state index contributed by atoms with van der Waals surface area (Å²) in [6, 6.07) is 15.6. The standard InChI is InChI=1S/C20H23NO3/c1-15(2)21(14-16-7-4-3-5-8-16)20(22)17-9-10-18-19(13-17)24-12-6-11-23-18/h3-5,7-10,13,15H,6,11-12,14H2,1-2H3. The molecule has 1 aliphatic heterocycles. The van der Waals surface area contributed by atoms with Gasteiger partial charge in [-0.2, -0.15) is 0 Å². The Morgan fingerprint density at radius 3 is 2.46 bits per heavy atom. The first-order valence-electron chi connectivity index (χ1n) is 8.39. The van der Waals surface area contributed by atoms with E-state index in [4.69, 9.17) is 9.47 Å². The molecule has 2 aromatic carbocycles. The zero-order valence-electron chi connectivity index (χ0n) is 14.2. The fourth-order valence-corrected chi connectivity index (χ4v) is 2.73. The Kier molecular flexibility index (Phi) is 5.04. The molecule has 2 aromatic rings. The van der Waals surface area contributed by atoms with Gasteiger partial charge in [0.15, 0.2) is 11.5 Å². The first-order valence-corrected chi connectivity index (χ1v) is 8.39. The molecule has 0 fully saturated rings. The van der Waals surface area contributed by atoms with Gasteiger partial charge >= 0.3 is 0 Å². The summed E-state index contributed by atoms with van der Waals surface area (Å²) in [7, 11) is 0. The fraction of sp³-hybridized carbons (Fsp3) is 0.350. The Morgan fingerprint density at radius 1 is 1.04 bits per heavy atom. The number of hydrogen-bond acceptors (Lipinski definition) is 3. The summed E-state index contributed by atoms with van der Waals surface area (Å²) < 4.78 is 11.3. The van der Waals surface area contributed by atoms with Gasteiger partial charge in [-0.15, -0.1) is 0 Å². The summed E-state index contributed by atoms with van der Waals surface area (Å²) in [5.41, 5.74) is 1.75. The van der Waals surface area contributed by atoms with Gasteiger partial charge in [-0.1, -0.05) is 30.3 Å². The van der Waals surface area contributed by atoms with Crippen molar-refractivity contribution < 1.29 is 14.3 Å². The van der Waals surface area contributed by atoms with Crippen molar-refractivity contribution >= 4 is 5.91 Å². The van der Waals surface area contributed by atoms with Crippen LogP contribution in [-0.4, -0.2) is 30.1 Å². The smallest absolute Gasteiger partial charge is 0.254 e. The maximum atomic E-state index is 13.0. The van der Waals surface area contributed by atoms with Gasteiger partial charge in [-0.25, -0.2) is 0 Å². The Balaban J connectivity index is 1.83. The first-order chi connectivity index (χ1) is 11.6. The van der Waals surface area contributed by atoms with Gasteiger partial charge in [0, 0.05) is 24.6 Å². The summed E-state index contributed by atoms with van der Waals surface area (Å²) in [4.78, 5) is 14.9. The molecular weight excluding hydrogens is 302 g/mol. The normalized spacial score (nSPS) is 13.5. The molecule has 4 heteroatoms. The SMILES string of the molecule is CC(C)N(Cc1ccccc1)C(=O)c1ccc2c(c1)OCCCO2. The molecule has 24 heavy (non-hydrogen) atoms. The molecule has 4 nitrogen and oxygen atoms in total. The van der Waals surface area contributed by atoms with E-state index in [0.29, 0.717) is 36.8 Å². The van der Waals surface area contributed by atoms with Crippen LogP contribution in [0.3, 0.4) is 0 Å². The molecule has 0 atom stereocenters. The molecule has 1 aliphatic rings. The summed E-state index contributed by atoms with van der Waals surface area (Å²) in [6.45, 7) is 5.91. The van der Waals surface area contributed by atoms with E-state index in [1.54, 1.807) is 6.07 Å². The van der Waals surface area contributed by atoms with E-state index >= 15 is 0 Å². The van der Waals surface area contributed by atoms with E-state index in [2.05, 4.69) is 0 Å². The molecule has 0 aromatic heterocycles. The minimum absolute atomic E-state index is 0.00417. The summed E-state index contributed by atoms with van der Waals surface area (Å²) in [5, 5.41) is 0. The highest BCUT2D eigenvalue weighted by molar-refractivity contribution is 5.95. The minimum Gasteiger partial charge on any atom is -0.490 e. The lowest BCUT2D eigenvalue weighted by Gasteiger charge is -2.27. The molecule has 0 unspecified atom stereocenters. The Hall–Kier alpha value is -2.49. The minimum atomic E-state index is 0.00417. The summed E-state index contributed by atoms with van der Waals surface area (Å²) in [6.07, 6.45) is 0.851. The van der Waals surface area contributed by atoms with Crippen molar-refractivity contribution in [3.8, 4) is 11.5 Å². The molecule has 1 amide bonds. The quantitative estimate of drug-likeness (QED) is 0.856. The topological polar surface area (TPSA) is 38.8 Å². The molecule has 1 heterocycles. The van der Waals surface area contributed by atoms with Gasteiger partial charge < -0.3 is 14.4 Å². The second-order valence-electron chi connectivity index (χ2n) is 6.22. The third-order valence-electron chi connectivity index (χ3n) is 4.07. The van der Waals surface area contributed by atoms with Crippen LogP contribution in [0.5, 0.6) is 11.5 Å². The molecule has 0 bridgehead atoms. The van der Waals surface area contributed by atoms with Crippen LogP contribution in [0, 0.1) is 0 Å². The van der Waals surface area contributed by atoms with Gasteiger partial charge in [-0.3, -0.25) is 4.79 Å². The highest BCUT2D eigenvalue weighted by Crippen LogP contribution is 2.31. The van der Waals surface area contributed by atoms with Gasteiger partial charge in [0.05, 0.1) is 13.2 Å². The number of fused-ring (bicyclic) bond motifs is 1. The summed E-state index contributed by atoms with van der Waals surface area (Å²) in [5.74, 6) is 1.37. The van der Waals surface area contributed by atoms with Crippen LogP contribution in [0.15, 0.2) is 48.5 Å². The molecule has 126 valence electrons. The van der Waals surface area contributed by atoms with Crippen molar-refractivity contribution in [3.05, 3.63) is 59.7 Å². The van der Waals surface area contributed by atoms with E-state index in [9.17, 15) is 4.79 Å². The summed E-state index contributed by atoms with van der Waals surface area (Å²) >= 11 is 0. The highest BCUT2D eigenvalue weighted by atomic mass is 16.5. The van der Waals surface area contributed by atoms with Crippen LogP contribution < -0.4 is 9.47 Å². The number of carbonyl (C=O) groups excluding carboxylic acids is 1. The zero-order valence-corrected chi connectivity index (χ0v) is 14.2. The second-order valence-corrected chi connectivity index (χ2v) is 6.22. The Labute approximate surface area is 143 Å². The van der Waals surface area contributed by atoms with Crippen LogP contribution in [-0.2, 0) is 6.54 Å². The number of amides is 1. The third kappa shape index (κ3) is 3.70. The van der Waals surface area contributed by atoms with Crippen molar-refractivity contribution in [3.63, 3.8) is 0 Å². The average molecular weight is 325 g/mol. The molecule has 3 rings (SSSR count). The van der Waals surface area contributed by atoms with Crippen LogP contribution in [0.4, 0.5) is 0 Å². The van der Waals surface area contributed by atoms with E-state index in [-0.39, 0.29) is 11.9 Å². The largest absolute Gasteiger partial charge is 0.490 e. The van der Waals surface area contributed by atoms with Crippen LogP contribution in [0.2, 0.25) is 0 Å².